The molecule has 3 nitrogen and oxygen atoms in total. The quantitative estimate of drug-likeness (QED) is 0.624. The number of benzene rings is 1. The van der Waals surface area contributed by atoms with Crippen molar-refractivity contribution in [1.29, 1.82) is 0 Å². The van der Waals surface area contributed by atoms with E-state index in [0.29, 0.717) is 6.54 Å². The van der Waals surface area contributed by atoms with Crippen LogP contribution in [0.4, 0.5) is 13.2 Å². The van der Waals surface area contributed by atoms with Crippen LogP contribution >= 0.6 is 0 Å². The Morgan fingerprint density at radius 3 is 2.17 bits per heavy atom. The third-order valence-corrected chi connectivity index (χ3v) is 4.44. The van der Waals surface area contributed by atoms with Crippen LogP contribution in [0, 0.1) is 0 Å². The van der Waals surface area contributed by atoms with Gasteiger partial charge in [-0.2, -0.15) is 13.2 Å². The maximum Gasteiger partial charge on any atom is 0.416 e. The Labute approximate surface area is 135 Å². The highest BCUT2D eigenvalue weighted by Gasteiger charge is 2.40. The van der Waals surface area contributed by atoms with E-state index < -0.39 is 11.7 Å². The Morgan fingerprint density at radius 1 is 1.13 bits per heavy atom. The molecular formula is C17H24F3N3. The molecule has 0 heterocycles. The molecule has 1 saturated carbocycles. The Morgan fingerprint density at radius 2 is 1.74 bits per heavy atom. The molecule has 0 aliphatic heterocycles. The summed E-state index contributed by atoms with van der Waals surface area (Å²) in [6, 6.07) is 5.72. The van der Waals surface area contributed by atoms with Gasteiger partial charge in [-0.3, -0.25) is 4.99 Å². The minimum Gasteiger partial charge on any atom is -0.349 e. The summed E-state index contributed by atoms with van der Waals surface area (Å²) in [6.07, 6.45) is -1.51. The third kappa shape index (κ3) is 3.79. The van der Waals surface area contributed by atoms with E-state index in [0.717, 1.165) is 36.9 Å². The number of nitrogens with zero attached hydrogens (tertiary/aromatic N) is 3. The van der Waals surface area contributed by atoms with E-state index in [4.69, 9.17) is 0 Å². The molecule has 1 aliphatic rings. The molecule has 23 heavy (non-hydrogen) atoms. The second-order valence-electron chi connectivity index (χ2n) is 6.62. The van der Waals surface area contributed by atoms with E-state index in [1.54, 1.807) is 6.07 Å². The molecule has 0 radical (unpaired) electrons. The molecule has 1 aliphatic carbocycles. The Kier molecular flexibility index (Phi) is 4.92. The molecule has 0 saturated heterocycles. The molecule has 0 aromatic heterocycles. The molecule has 6 heteroatoms. The van der Waals surface area contributed by atoms with Crippen LogP contribution in [0.1, 0.15) is 30.4 Å². The van der Waals surface area contributed by atoms with Crippen molar-refractivity contribution in [2.45, 2.75) is 30.9 Å². The molecule has 0 unspecified atom stereocenters. The predicted molar refractivity (Wildman–Crippen MR) is 86.6 cm³/mol. The topological polar surface area (TPSA) is 18.8 Å². The fourth-order valence-corrected chi connectivity index (χ4v) is 3.07. The summed E-state index contributed by atoms with van der Waals surface area (Å²) in [5.41, 5.74) is -0.0942. The lowest BCUT2D eigenvalue weighted by molar-refractivity contribution is -0.137. The number of hydrogen-bond acceptors (Lipinski definition) is 1. The average molecular weight is 327 g/mol. The van der Waals surface area contributed by atoms with Crippen molar-refractivity contribution >= 4 is 5.96 Å². The van der Waals surface area contributed by atoms with Gasteiger partial charge in [-0.25, -0.2) is 0 Å². The predicted octanol–water partition coefficient (Wildman–Crippen LogP) is 3.61. The van der Waals surface area contributed by atoms with Crippen LogP contribution in [0.5, 0.6) is 0 Å². The Balaban J connectivity index is 2.30. The molecule has 1 aromatic rings. The first-order chi connectivity index (χ1) is 10.7. The van der Waals surface area contributed by atoms with E-state index in [1.807, 2.05) is 38.0 Å². The lowest BCUT2D eigenvalue weighted by Crippen LogP contribution is -2.41. The third-order valence-electron chi connectivity index (χ3n) is 4.44. The van der Waals surface area contributed by atoms with Gasteiger partial charge in [-0.15, -0.1) is 0 Å². The Hall–Kier alpha value is -1.72. The zero-order chi connectivity index (χ0) is 17.3. The van der Waals surface area contributed by atoms with Crippen molar-refractivity contribution in [3.8, 4) is 0 Å². The van der Waals surface area contributed by atoms with Crippen LogP contribution in [0.2, 0.25) is 0 Å². The number of rotatable bonds is 3. The molecule has 1 fully saturated rings. The molecule has 0 atom stereocenters. The first-order valence-corrected chi connectivity index (χ1v) is 7.72. The highest BCUT2D eigenvalue weighted by molar-refractivity contribution is 5.79. The van der Waals surface area contributed by atoms with Crippen molar-refractivity contribution in [2.75, 3.05) is 34.7 Å². The second kappa shape index (κ2) is 6.42. The van der Waals surface area contributed by atoms with Crippen LogP contribution < -0.4 is 0 Å². The highest BCUT2D eigenvalue weighted by atomic mass is 19.4. The largest absolute Gasteiger partial charge is 0.416 e. The van der Waals surface area contributed by atoms with Gasteiger partial charge in [0.05, 0.1) is 12.1 Å². The number of guanidine groups is 1. The van der Waals surface area contributed by atoms with E-state index >= 15 is 0 Å². The van der Waals surface area contributed by atoms with Gasteiger partial charge in [0.1, 0.15) is 0 Å². The molecule has 0 N–H and O–H groups in total. The van der Waals surface area contributed by atoms with Gasteiger partial charge < -0.3 is 9.80 Å². The van der Waals surface area contributed by atoms with Crippen LogP contribution in [0.25, 0.3) is 0 Å². The monoisotopic (exact) mass is 327 g/mol. The summed E-state index contributed by atoms with van der Waals surface area (Å²) in [6.45, 7) is 0.514. The van der Waals surface area contributed by atoms with Crippen molar-refractivity contribution < 1.29 is 13.2 Å². The number of aliphatic imine (C=N–C) groups is 1. The Bertz CT molecular complexity index is 563. The summed E-state index contributed by atoms with van der Waals surface area (Å²) in [5.74, 6) is 0.822. The lowest BCUT2D eigenvalue weighted by Gasteiger charge is -2.42. The zero-order valence-corrected chi connectivity index (χ0v) is 14.1. The normalized spacial score (nSPS) is 16.5. The van der Waals surface area contributed by atoms with Gasteiger partial charge >= 0.3 is 6.18 Å². The van der Waals surface area contributed by atoms with E-state index in [1.165, 1.54) is 12.1 Å². The minimum absolute atomic E-state index is 0.265. The SMILES string of the molecule is CN(C)C(=NCC1(c2cccc(C(F)(F)F)c2)CCC1)N(C)C. The summed E-state index contributed by atoms with van der Waals surface area (Å²) < 4.78 is 38.9. The minimum atomic E-state index is -4.30. The van der Waals surface area contributed by atoms with E-state index in [9.17, 15) is 13.2 Å². The summed E-state index contributed by atoms with van der Waals surface area (Å²) >= 11 is 0. The average Bonchev–Trinajstić information content (AvgIpc) is 2.40. The van der Waals surface area contributed by atoms with Gasteiger partial charge in [0.15, 0.2) is 5.96 Å². The summed E-state index contributed by atoms with van der Waals surface area (Å²) in [7, 11) is 7.65. The van der Waals surface area contributed by atoms with Crippen LogP contribution in [0.3, 0.4) is 0 Å². The van der Waals surface area contributed by atoms with Gasteiger partial charge in [0.2, 0.25) is 0 Å². The highest BCUT2D eigenvalue weighted by Crippen LogP contribution is 2.45. The van der Waals surface area contributed by atoms with E-state index in [-0.39, 0.29) is 5.41 Å². The standard InChI is InChI=1S/C17H24F3N3/c1-22(2)15(23(3)4)21-12-16(9-6-10-16)13-7-5-8-14(11-13)17(18,19)20/h5,7-8,11H,6,9-10,12H2,1-4H3. The van der Waals surface area contributed by atoms with Crippen molar-refractivity contribution in [2.24, 2.45) is 4.99 Å². The molecule has 128 valence electrons. The van der Waals surface area contributed by atoms with Gasteiger partial charge in [0, 0.05) is 33.6 Å². The maximum atomic E-state index is 13.0. The molecule has 0 spiro atoms. The van der Waals surface area contributed by atoms with Gasteiger partial charge in [0.25, 0.3) is 0 Å². The molecule has 1 aromatic carbocycles. The first kappa shape index (κ1) is 17.6. The molecule has 2 rings (SSSR count). The molecule has 0 amide bonds. The zero-order valence-electron chi connectivity index (χ0n) is 14.1. The maximum absolute atomic E-state index is 13.0. The fourth-order valence-electron chi connectivity index (χ4n) is 3.07. The number of alkyl halides is 3. The van der Waals surface area contributed by atoms with Crippen molar-refractivity contribution in [3.05, 3.63) is 35.4 Å². The van der Waals surface area contributed by atoms with Crippen molar-refractivity contribution in [1.82, 2.24) is 9.80 Å². The summed E-state index contributed by atoms with van der Waals surface area (Å²) in [5, 5.41) is 0. The smallest absolute Gasteiger partial charge is 0.349 e. The van der Waals surface area contributed by atoms with E-state index in [2.05, 4.69) is 4.99 Å². The summed E-state index contributed by atoms with van der Waals surface area (Å²) in [4.78, 5) is 8.50. The van der Waals surface area contributed by atoms with Crippen LogP contribution in [-0.2, 0) is 11.6 Å². The fraction of sp³-hybridized carbons (Fsp3) is 0.588. The number of halogens is 3. The van der Waals surface area contributed by atoms with Crippen LogP contribution in [0.15, 0.2) is 29.3 Å². The molecule has 0 bridgehead atoms. The second-order valence-corrected chi connectivity index (χ2v) is 6.62. The lowest BCUT2D eigenvalue weighted by atomic mass is 9.64. The first-order valence-electron chi connectivity index (χ1n) is 7.72. The molecular weight excluding hydrogens is 303 g/mol. The van der Waals surface area contributed by atoms with Gasteiger partial charge in [-0.05, 0) is 24.5 Å². The number of hydrogen-bond donors (Lipinski definition) is 0. The van der Waals surface area contributed by atoms with Gasteiger partial charge in [-0.1, -0.05) is 24.6 Å². The van der Waals surface area contributed by atoms with Crippen LogP contribution in [-0.4, -0.2) is 50.5 Å². The van der Waals surface area contributed by atoms with Crippen molar-refractivity contribution in [3.63, 3.8) is 0 Å².